The van der Waals surface area contributed by atoms with E-state index in [9.17, 15) is 9.18 Å². The fourth-order valence-electron chi connectivity index (χ4n) is 4.17. The van der Waals surface area contributed by atoms with Gasteiger partial charge in [-0.25, -0.2) is 9.37 Å². The molecule has 1 aliphatic heterocycles. The van der Waals surface area contributed by atoms with Gasteiger partial charge < -0.3 is 9.47 Å². The zero-order chi connectivity index (χ0) is 20.4. The summed E-state index contributed by atoms with van der Waals surface area (Å²) >= 11 is 0. The molecule has 1 amide bonds. The highest BCUT2D eigenvalue weighted by Crippen LogP contribution is 2.34. The fraction of sp³-hybridized carbons (Fsp3) is 0.417. The molecule has 0 unspecified atom stereocenters. The van der Waals surface area contributed by atoms with Gasteiger partial charge in [-0.2, -0.15) is 0 Å². The number of piperidine rings is 1. The molecule has 0 spiro atoms. The third-order valence-corrected chi connectivity index (χ3v) is 6.09. The highest BCUT2D eigenvalue weighted by Gasteiger charge is 2.27. The Morgan fingerprint density at radius 3 is 2.59 bits per heavy atom. The van der Waals surface area contributed by atoms with Crippen LogP contribution in [-0.4, -0.2) is 33.4 Å². The van der Waals surface area contributed by atoms with Gasteiger partial charge in [0.25, 0.3) is 0 Å². The molecule has 0 N–H and O–H groups in total. The minimum absolute atomic E-state index is 0.199. The van der Waals surface area contributed by atoms with Crippen molar-refractivity contribution < 1.29 is 9.18 Å². The molecule has 3 aromatic rings. The van der Waals surface area contributed by atoms with Crippen LogP contribution in [0.4, 0.5) is 4.39 Å². The molecule has 5 heteroatoms. The third-order valence-electron chi connectivity index (χ3n) is 6.09. The standard InChI is InChI=1S/C24H28FN3O/c1-3-17(2)15-23(29)27-13-11-20(12-14-27)28-22-16-19(25)9-10-21(22)26-24(28)18-7-5-4-6-8-18/h4-10,16-17,20H,3,11-15H2,1-2H3/t17-/m0/s1. The van der Waals surface area contributed by atoms with Crippen LogP contribution in [0.15, 0.2) is 48.5 Å². The fourth-order valence-corrected chi connectivity index (χ4v) is 4.17. The first-order valence-corrected chi connectivity index (χ1v) is 10.6. The largest absolute Gasteiger partial charge is 0.343 e. The number of carbonyl (C=O) groups is 1. The van der Waals surface area contributed by atoms with Crippen molar-refractivity contribution >= 4 is 16.9 Å². The van der Waals surface area contributed by atoms with Crippen LogP contribution in [0.1, 0.15) is 45.6 Å². The van der Waals surface area contributed by atoms with Crippen LogP contribution in [0.5, 0.6) is 0 Å². The van der Waals surface area contributed by atoms with E-state index in [-0.39, 0.29) is 17.8 Å². The van der Waals surface area contributed by atoms with E-state index >= 15 is 0 Å². The summed E-state index contributed by atoms with van der Waals surface area (Å²) in [6, 6.07) is 15.0. The van der Waals surface area contributed by atoms with E-state index in [1.165, 1.54) is 6.07 Å². The summed E-state index contributed by atoms with van der Waals surface area (Å²) in [6.45, 7) is 5.73. The number of fused-ring (bicyclic) bond motifs is 1. The van der Waals surface area contributed by atoms with Crippen LogP contribution in [0.2, 0.25) is 0 Å². The molecule has 0 saturated carbocycles. The Morgan fingerprint density at radius 1 is 1.17 bits per heavy atom. The van der Waals surface area contributed by atoms with Gasteiger partial charge in [0.15, 0.2) is 0 Å². The van der Waals surface area contributed by atoms with Crippen molar-refractivity contribution in [2.45, 2.75) is 45.6 Å². The second-order valence-electron chi connectivity index (χ2n) is 8.13. The molecular formula is C24H28FN3O. The molecule has 1 saturated heterocycles. The summed E-state index contributed by atoms with van der Waals surface area (Å²) in [5.41, 5.74) is 2.66. The minimum atomic E-state index is -0.251. The molecule has 2 aromatic carbocycles. The normalized spacial score (nSPS) is 16.3. The lowest BCUT2D eigenvalue weighted by atomic mass is 10.0. The molecule has 1 aliphatic rings. The average Bonchev–Trinajstić information content (AvgIpc) is 3.13. The van der Waals surface area contributed by atoms with Crippen LogP contribution in [-0.2, 0) is 4.79 Å². The van der Waals surface area contributed by atoms with Gasteiger partial charge >= 0.3 is 0 Å². The van der Waals surface area contributed by atoms with Crippen molar-refractivity contribution in [1.82, 2.24) is 14.5 Å². The number of imidazole rings is 1. The van der Waals surface area contributed by atoms with E-state index in [1.807, 2.05) is 35.2 Å². The number of rotatable bonds is 5. The summed E-state index contributed by atoms with van der Waals surface area (Å²) in [5, 5.41) is 0. The van der Waals surface area contributed by atoms with Gasteiger partial charge in [-0.05, 0) is 37.0 Å². The van der Waals surface area contributed by atoms with E-state index in [0.717, 1.165) is 54.8 Å². The molecule has 152 valence electrons. The number of hydrogen-bond donors (Lipinski definition) is 0. The highest BCUT2D eigenvalue weighted by atomic mass is 19.1. The first-order chi connectivity index (χ1) is 14.1. The van der Waals surface area contributed by atoms with Gasteiger partial charge in [-0.1, -0.05) is 50.6 Å². The highest BCUT2D eigenvalue weighted by molar-refractivity contribution is 5.81. The molecule has 1 fully saturated rings. The maximum atomic E-state index is 14.0. The molecule has 1 atom stereocenters. The van der Waals surface area contributed by atoms with Gasteiger partial charge in [0.1, 0.15) is 11.6 Å². The lowest BCUT2D eigenvalue weighted by Gasteiger charge is -2.34. The number of nitrogens with zero attached hydrogens (tertiary/aromatic N) is 3. The van der Waals surface area contributed by atoms with Gasteiger partial charge in [0.05, 0.1) is 11.0 Å². The summed E-state index contributed by atoms with van der Waals surface area (Å²) < 4.78 is 16.2. The number of hydrogen-bond acceptors (Lipinski definition) is 2. The average molecular weight is 394 g/mol. The van der Waals surface area contributed by atoms with Crippen LogP contribution in [0.3, 0.4) is 0 Å². The monoisotopic (exact) mass is 393 g/mol. The van der Waals surface area contributed by atoms with Gasteiger partial charge in [-0.15, -0.1) is 0 Å². The molecule has 2 heterocycles. The number of amides is 1. The van der Waals surface area contributed by atoms with Crippen LogP contribution in [0.25, 0.3) is 22.4 Å². The molecule has 4 rings (SSSR count). The van der Waals surface area contributed by atoms with Crippen molar-refractivity contribution in [3.8, 4) is 11.4 Å². The van der Waals surface area contributed by atoms with E-state index < -0.39 is 0 Å². The maximum absolute atomic E-state index is 14.0. The number of likely N-dealkylation sites (tertiary alicyclic amines) is 1. The smallest absolute Gasteiger partial charge is 0.222 e. The molecule has 29 heavy (non-hydrogen) atoms. The zero-order valence-corrected chi connectivity index (χ0v) is 17.1. The molecule has 1 aromatic heterocycles. The molecule has 0 bridgehead atoms. The first-order valence-electron chi connectivity index (χ1n) is 10.6. The maximum Gasteiger partial charge on any atom is 0.222 e. The predicted molar refractivity (Wildman–Crippen MR) is 114 cm³/mol. The summed E-state index contributed by atoms with van der Waals surface area (Å²) in [6.07, 6.45) is 3.35. The molecule has 4 nitrogen and oxygen atoms in total. The van der Waals surface area contributed by atoms with E-state index in [2.05, 4.69) is 18.4 Å². The number of benzene rings is 2. The Balaban J connectivity index is 1.62. The first kappa shape index (κ1) is 19.6. The van der Waals surface area contributed by atoms with Crippen molar-refractivity contribution in [2.75, 3.05) is 13.1 Å². The Morgan fingerprint density at radius 2 is 1.90 bits per heavy atom. The summed E-state index contributed by atoms with van der Waals surface area (Å²) in [5.74, 6) is 1.29. The van der Waals surface area contributed by atoms with Crippen molar-refractivity contribution in [3.05, 3.63) is 54.3 Å². The quantitative estimate of drug-likeness (QED) is 0.579. The third kappa shape index (κ3) is 4.04. The zero-order valence-electron chi connectivity index (χ0n) is 17.1. The second-order valence-corrected chi connectivity index (χ2v) is 8.13. The van der Waals surface area contributed by atoms with Gasteiger partial charge in [0.2, 0.25) is 5.91 Å². The van der Waals surface area contributed by atoms with E-state index in [1.54, 1.807) is 12.1 Å². The van der Waals surface area contributed by atoms with Crippen LogP contribution < -0.4 is 0 Å². The molecule has 0 radical (unpaired) electrons. The SMILES string of the molecule is CC[C@H](C)CC(=O)N1CCC(n2c(-c3ccccc3)nc3ccc(F)cc32)CC1. The number of carbonyl (C=O) groups excluding carboxylic acids is 1. The topological polar surface area (TPSA) is 38.1 Å². The van der Waals surface area contributed by atoms with E-state index in [0.29, 0.717) is 12.3 Å². The van der Waals surface area contributed by atoms with Gasteiger partial charge in [-0.3, -0.25) is 4.79 Å². The number of aromatic nitrogens is 2. The molecular weight excluding hydrogens is 365 g/mol. The summed E-state index contributed by atoms with van der Waals surface area (Å²) in [7, 11) is 0. The minimum Gasteiger partial charge on any atom is -0.343 e. The second kappa shape index (κ2) is 8.36. The van der Waals surface area contributed by atoms with Crippen molar-refractivity contribution in [2.24, 2.45) is 5.92 Å². The lowest BCUT2D eigenvalue weighted by Crippen LogP contribution is -2.39. The lowest BCUT2D eigenvalue weighted by molar-refractivity contribution is -0.133. The molecule has 0 aliphatic carbocycles. The van der Waals surface area contributed by atoms with Gasteiger partial charge in [0, 0.05) is 31.1 Å². The Hall–Kier alpha value is -2.69. The van der Waals surface area contributed by atoms with Crippen LogP contribution >= 0.6 is 0 Å². The Labute approximate surface area is 171 Å². The van der Waals surface area contributed by atoms with E-state index in [4.69, 9.17) is 4.98 Å². The Bertz CT molecular complexity index is 990. The predicted octanol–water partition coefficient (Wildman–Crippen LogP) is 5.44. The number of halogens is 1. The van der Waals surface area contributed by atoms with Crippen molar-refractivity contribution in [3.63, 3.8) is 0 Å². The van der Waals surface area contributed by atoms with Crippen molar-refractivity contribution in [1.29, 1.82) is 0 Å². The Kier molecular flexibility index (Phi) is 5.65. The summed E-state index contributed by atoms with van der Waals surface area (Å²) in [4.78, 5) is 19.4. The van der Waals surface area contributed by atoms with Crippen LogP contribution in [0, 0.1) is 11.7 Å².